The van der Waals surface area contributed by atoms with Gasteiger partial charge in [-0.3, -0.25) is 0 Å². The zero-order chi connectivity index (χ0) is 14.9. The number of aromatic nitrogens is 3. The number of hydrogen-bond acceptors (Lipinski definition) is 4. The molecule has 4 heterocycles. The number of fused-ring (bicyclic) bond motifs is 1. The minimum Gasteiger partial charge on any atom is -0.314 e. The van der Waals surface area contributed by atoms with Gasteiger partial charge in [0.2, 0.25) is 0 Å². The molecule has 2 aliphatic rings. The molecular weight excluding hydrogens is 274 g/mol. The van der Waals surface area contributed by atoms with Crippen LogP contribution in [0, 0.1) is 0 Å². The second-order valence-corrected chi connectivity index (χ2v) is 6.76. The zero-order valence-corrected chi connectivity index (χ0v) is 13.3. The summed E-state index contributed by atoms with van der Waals surface area (Å²) in [5, 5.41) is 3.59. The van der Waals surface area contributed by atoms with Gasteiger partial charge in [-0.15, -0.1) is 0 Å². The minimum atomic E-state index is 0.580. The topological polar surface area (TPSA) is 46.0 Å². The number of hydrogen-bond donors (Lipinski definition) is 1. The van der Waals surface area contributed by atoms with E-state index in [1.807, 2.05) is 12.3 Å². The van der Waals surface area contributed by atoms with E-state index in [0.29, 0.717) is 12.1 Å². The molecule has 0 bridgehead atoms. The van der Waals surface area contributed by atoms with Crippen LogP contribution in [0.15, 0.2) is 18.3 Å². The third-order valence-corrected chi connectivity index (χ3v) is 5.24. The first-order valence-corrected chi connectivity index (χ1v) is 8.55. The first-order chi connectivity index (χ1) is 10.8. The van der Waals surface area contributed by atoms with Crippen LogP contribution in [0.1, 0.15) is 31.5 Å². The molecule has 2 saturated heterocycles. The largest absolute Gasteiger partial charge is 0.314 e. The number of pyridine rings is 1. The second kappa shape index (κ2) is 5.97. The zero-order valence-electron chi connectivity index (χ0n) is 13.3. The van der Waals surface area contributed by atoms with Crippen molar-refractivity contribution in [2.75, 3.05) is 20.1 Å². The Bertz CT molecular complexity index is 644. The van der Waals surface area contributed by atoms with E-state index in [-0.39, 0.29) is 0 Å². The summed E-state index contributed by atoms with van der Waals surface area (Å²) in [4.78, 5) is 12.0. The monoisotopic (exact) mass is 299 g/mol. The van der Waals surface area contributed by atoms with E-state index in [1.165, 1.54) is 38.1 Å². The van der Waals surface area contributed by atoms with E-state index in [2.05, 4.69) is 32.9 Å². The Morgan fingerprint density at radius 3 is 3.05 bits per heavy atom. The van der Waals surface area contributed by atoms with Crippen molar-refractivity contribution in [2.45, 2.75) is 50.7 Å². The highest BCUT2D eigenvalue weighted by Crippen LogP contribution is 2.22. The molecule has 2 fully saturated rings. The summed E-state index contributed by atoms with van der Waals surface area (Å²) < 4.78 is 2.38. The Morgan fingerprint density at radius 1 is 1.32 bits per heavy atom. The summed E-state index contributed by atoms with van der Waals surface area (Å²) in [6, 6.07) is 5.27. The number of nitrogens with one attached hydrogen (secondary N) is 1. The average Bonchev–Trinajstić information content (AvgIpc) is 3.23. The molecule has 2 aliphatic heterocycles. The van der Waals surface area contributed by atoms with Crippen LogP contribution in [0.3, 0.4) is 0 Å². The molecule has 22 heavy (non-hydrogen) atoms. The molecule has 0 spiro atoms. The van der Waals surface area contributed by atoms with Gasteiger partial charge in [-0.25, -0.2) is 9.97 Å². The van der Waals surface area contributed by atoms with Gasteiger partial charge in [0.15, 0.2) is 5.65 Å². The highest BCUT2D eigenvalue weighted by molar-refractivity contribution is 5.71. The molecule has 0 aliphatic carbocycles. The van der Waals surface area contributed by atoms with E-state index in [4.69, 9.17) is 4.98 Å². The Morgan fingerprint density at radius 2 is 2.27 bits per heavy atom. The molecule has 2 atom stereocenters. The van der Waals surface area contributed by atoms with Crippen LogP contribution < -0.4 is 5.32 Å². The predicted octanol–water partition coefficient (Wildman–Crippen LogP) is 1.82. The highest BCUT2D eigenvalue weighted by Gasteiger charge is 2.25. The maximum Gasteiger partial charge on any atom is 0.160 e. The van der Waals surface area contributed by atoms with E-state index in [1.54, 1.807) is 0 Å². The first-order valence-electron chi connectivity index (χ1n) is 8.55. The quantitative estimate of drug-likeness (QED) is 0.935. The van der Waals surface area contributed by atoms with E-state index in [0.717, 1.165) is 30.7 Å². The number of imidazole rings is 1. The third-order valence-electron chi connectivity index (χ3n) is 5.24. The van der Waals surface area contributed by atoms with Crippen molar-refractivity contribution >= 4 is 11.2 Å². The van der Waals surface area contributed by atoms with Gasteiger partial charge in [-0.1, -0.05) is 0 Å². The molecule has 2 aromatic rings. The molecule has 0 amide bonds. The van der Waals surface area contributed by atoms with Crippen LogP contribution in [-0.4, -0.2) is 51.7 Å². The van der Waals surface area contributed by atoms with Crippen molar-refractivity contribution in [1.82, 2.24) is 24.8 Å². The Balaban J connectivity index is 1.66. The fourth-order valence-electron chi connectivity index (χ4n) is 3.93. The van der Waals surface area contributed by atoms with Gasteiger partial charge in [-0.05, 0) is 58.0 Å². The van der Waals surface area contributed by atoms with E-state index >= 15 is 0 Å². The molecule has 0 aromatic carbocycles. The van der Waals surface area contributed by atoms with E-state index in [9.17, 15) is 0 Å². The lowest BCUT2D eigenvalue weighted by atomic mass is 10.1. The first kappa shape index (κ1) is 14.2. The van der Waals surface area contributed by atoms with Crippen LogP contribution in [0.2, 0.25) is 0 Å². The molecule has 2 unspecified atom stereocenters. The SMILES string of the molecule is CN1CCCC1Cn1c(CC2CCCN2)nc2cccnc21. The van der Waals surface area contributed by atoms with Gasteiger partial charge in [0.05, 0.1) is 0 Å². The molecule has 5 nitrogen and oxygen atoms in total. The van der Waals surface area contributed by atoms with Crippen LogP contribution in [0.5, 0.6) is 0 Å². The third kappa shape index (κ3) is 2.63. The van der Waals surface area contributed by atoms with Gasteiger partial charge in [0.1, 0.15) is 11.3 Å². The van der Waals surface area contributed by atoms with Crippen molar-refractivity contribution < 1.29 is 0 Å². The lowest BCUT2D eigenvalue weighted by Crippen LogP contribution is -2.31. The Hall–Kier alpha value is -1.46. The number of nitrogens with zero attached hydrogens (tertiary/aromatic N) is 4. The molecule has 118 valence electrons. The van der Waals surface area contributed by atoms with Gasteiger partial charge in [0.25, 0.3) is 0 Å². The van der Waals surface area contributed by atoms with Crippen molar-refractivity contribution in [3.8, 4) is 0 Å². The number of likely N-dealkylation sites (tertiary alicyclic amines) is 1. The summed E-state index contributed by atoms with van der Waals surface area (Å²) in [7, 11) is 2.24. The van der Waals surface area contributed by atoms with Crippen molar-refractivity contribution in [3.63, 3.8) is 0 Å². The summed E-state index contributed by atoms with van der Waals surface area (Å²) in [6.45, 7) is 3.38. The summed E-state index contributed by atoms with van der Waals surface area (Å²) in [6.07, 6.45) is 8.04. The fourth-order valence-corrected chi connectivity index (χ4v) is 3.93. The van der Waals surface area contributed by atoms with Crippen LogP contribution in [0.4, 0.5) is 0 Å². The summed E-state index contributed by atoms with van der Waals surface area (Å²) in [5.74, 6) is 1.20. The number of rotatable bonds is 4. The molecular formula is C17H25N5. The Kier molecular flexibility index (Phi) is 3.84. The van der Waals surface area contributed by atoms with Crippen molar-refractivity contribution in [3.05, 3.63) is 24.2 Å². The molecule has 1 N–H and O–H groups in total. The van der Waals surface area contributed by atoms with Crippen molar-refractivity contribution in [2.24, 2.45) is 0 Å². The maximum atomic E-state index is 4.89. The van der Waals surface area contributed by atoms with Crippen molar-refractivity contribution in [1.29, 1.82) is 0 Å². The lowest BCUT2D eigenvalue weighted by Gasteiger charge is -2.21. The van der Waals surface area contributed by atoms with Gasteiger partial charge in [-0.2, -0.15) is 0 Å². The normalized spacial score (nSPS) is 26.2. The lowest BCUT2D eigenvalue weighted by molar-refractivity contribution is 0.281. The van der Waals surface area contributed by atoms with Crippen LogP contribution in [0.25, 0.3) is 11.2 Å². The van der Waals surface area contributed by atoms with Crippen LogP contribution in [-0.2, 0) is 13.0 Å². The van der Waals surface area contributed by atoms with Crippen LogP contribution >= 0.6 is 0 Å². The highest BCUT2D eigenvalue weighted by atomic mass is 15.2. The van der Waals surface area contributed by atoms with Gasteiger partial charge >= 0.3 is 0 Å². The van der Waals surface area contributed by atoms with Gasteiger partial charge < -0.3 is 14.8 Å². The minimum absolute atomic E-state index is 0.580. The molecule has 5 heteroatoms. The van der Waals surface area contributed by atoms with Gasteiger partial charge in [0, 0.05) is 31.2 Å². The second-order valence-electron chi connectivity index (χ2n) is 6.76. The molecule has 0 saturated carbocycles. The molecule has 0 radical (unpaired) electrons. The number of likely N-dealkylation sites (N-methyl/N-ethyl adjacent to an activating group) is 1. The summed E-state index contributed by atoms with van der Waals surface area (Å²) >= 11 is 0. The average molecular weight is 299 g/mol. The smallest absolute Gasteiger partial charge is 0.160 e. The van der Waals surface area contributed by atoms with E-state index < -0.39 is 0 Å². The Labute approximate surface area is 131 Å². The standard InChI is InChI=1S/C17H25N5/c1-21-10-4-6-14(21)12-22-16(11-13-5-2-8-18-13)20-15-7-3-9-19-17(15)22/h3,7,9,13-14,18H,2,4-6,8,10-12H2,1H3. The fraction of sp³-hybridized carbons (Fsp3) is 0.647. The maximum absolute atomic E-state index is 4.89. The molecule has 2 aromatic heterocycles. The predicted molar refractivity (Wildman–Crippen MR) is 87.9 cm³/mol. The molecule has 4 rings (SSSR count). The summed E-state index contributed by atoms with van der Waals surface area (Å²) in [5.41, 5.74) is 2.09.